The number of hydrogen-bond donors (Lipinski definition) is 3. The molecule has 1 fully saturated rings. The van der Waals surface area contributed by atoms with Crippen LogP contribution in [0.2, 0.25) is 0 Å². The molecule has 102 valence electrons. The molecular weight excluding hydrogens is 270 g/mol. The van der Waals surface area contributed by atoms with Gasteiger partial charge < -0.3 is 15.8 Å². The van der Waals surface area contributed by atoms with E-state index in [0.717, 1.165) is 0 Å². The highest BCUT2D eigenvalue weighted by Crippen LogP contribution is 2.30. The van der Waals surface area contributed by atoms with E-state index < -0.39 is 10.0 Å². The van der Waals surface area contributed by atoms with Crippen molar-refractivity contribution in [1.29, 1.82) is 0 Å². The third-order valence-corrected chi connectivity index (χ3v) is 4.53. The van der Waals surface area contributed by atoms with E-state index in [0.29, 0.717) is 17.9 Å². The van der Waals surface area contributed by atoms with E-state index in [9.17, 15) is 13.2 Å². The molecule has 0 radical (unpaired) electrons. The molecule has 1 aromatic rings. The molecule has 0 saturated heterocycles. The monoisotopic (exact) mass is 283 g/mol. The Bertz CT molecular complexity index is 643. The van der Waals surface area contributed by atoms with Gasteiger partial charge in [0.25, 0.3) is 5.91 Å². The number of carbonyl (C=O) groups excluding carboxylic acids is 1. The van der Waals surface area contributed by atoms with Crippen molar-refractivity contribution >= 4 is 21.6 Å². The Labute approximate surface area is 110 Å². The lowest BCUT2D eigenvalue weighted by molar-refractivity contribution is -0.118. The predicted octanol–water partition coefficient (Wildman–Crippen LogP) is -0.605. The molecule has 1 saturated carbocycles. The van der Waals surface area contributed by atoms with Gasteiger partial charge in [-0.15, -0.1) is 0 Å². The molecule has 7 nitrogen and oxygen atoms in total. The lowest BCUT2D eigenvalue weighted by Crippen LogP contribution is -2.30. The SMILES string of the molecule is NC1CC1NS(=O)(=O)c1ccc2c(c1)NC(=O)CO2. The second-order valence-corrected chi connectivity index (χ2v) is 6.34. The van der Waals surface area contributed by atoms with Crippen molar-refractivity contribution in [2.45, 2.75) is 23.4 Å². The van der Waals surface area contributed by atoms with Crippen LogP contribution in [0, 0.1) is 0 Å². The van der Waals surface area contributed by atoms with Crippen molar-refractivity contribution in [2.24, 2.45) is 5.73 Å². The van der Waals surface area contributed by atoms with Gasteiger partial charge in [0, 0.05) is 12.1 Å². The van der Waals surface area contributed by atoms with E-state index in [1.54, 1.807) is 0 Å². The first kappa shape index (κ1) is 12.4. The molecule has 4 N–H and O–H groups in total. The number of rotatable bonds is 3. The van der Waals surface area contributed by atoms with Crippen LogP contribution in [0.5, 0.6) is 5.75 Å². The molecule has 2 aliphatic rings. The number of fused-ring (bicyclic) bond motifs is 1. The Morgan fingerprint density at radius 2 is 2.16 bits per heavy atom. The van der Waals surface area contributed by atoms with Crippen LogP contribution in [0.1, 0.15) is 6.42 Å². The number of ether oxygens (including phenoxy) is 1. The molecule has 0 aromatic heterocycles. The molecular formula is C11H13N3O4S. The van der Waals surface area contributed by atoms with Crippen molar-refractivity contribution in [3.8, 4) is 5.75 Å². The van der Waals surface area contributed by atoms with Crippen LogP contribution in [-0.2, 0) is 14.8 Å². The average Bonchev–Trinajstić information content (AvgIpc) is 3.02. The van der Waals surface area contributed by atoms with Gasteiger partial charge in [-0.3, -0.25) is 4.79 Å². The standard InChI is InChI=1S/C11H13N3O4S/c12-7-4-8(7)14-19(16,17)6-1-2-10-9(3-6)13-11(15)5-18-10/h1-3,7-8,14H,4-5,12H2,(H,13,15). The van der Waals surface area contributed by atoms with Crippen molar-refractivity contribution in [3.63, 3.8) is 0 Å². The summed E-state index contributed by atoms with van der Waals surface area (Å²) in [5, 5.41) is 2.57. The molecule has 1 heterocycles. The van der Waals surface area contributed by atoms with Gasteiger partial charge in [-0.05, 0) is 24.6 Å². The molecule has 3 rings (SSSR count). The van der Waals surface area contributed by atoms with E-state index >= 15 is 0 Å². The van der Waals surface area contributed by atoms with Crippen LogP contribution in [0.4, 0.5) is 5.69 Å². The van der Waals surface area contributed by atoms with Gasteiger partial charge in [-0.25, -0.2) is 13.1 Å². The molecule has 1 aliphatic heterocycles. The van der Waals surface area contributed by atoms with E-state index in [-0.39, 0.29) is 29.5 Å². The number of nitrogens with two attached hydrogens (primary N) is 1. The lowest BCUT2D eigenvalue weighted by atomic mass is 10.2. The minimum absolute atomic E-state index is 0.0612. The summed E-state index contributed by atoms with van der Waals surface area (Å²) in [7, 11) is -3.62. The summed E-state index contributed by atoms with van der Waals surface area (Å²) in [5.74, 6) is 0.154. The normalized spacial score (nSPS) is 25.2. The number of benzene rings is 1. The first-order valence-corrected chi connectivity index (χ1v) is 7.29. The van der Waals surface area contributed by atoms with E-state index in [4.69, 9.17) is 10.5 Å². The van der Waals surface area contributed by atoms with Crippen LogP contribution >= 0.6 is 0 Å². The molecule has 2 atom stereocenters. The van der Waals surface area contributed by atoms with Crippen LogP contribution < -0.4 is 20.5 Å². The first-order valence-electron chi connectivity index (χ1n) is 5.80. The van der Waals surface area contributed by atoms with Crippen molar-refractivity contribution in [2.75, 3.05) is 11.9 Å². The Morgan fingerprint density at radius 1 is 1.42 bits per heavy atom. The van der Waals surface area contributed by atoms with Gasteiger partial charge in [0.15, 0.2) is 6.61 Å². The zero-order valence-electron chi connectivity index (χ0n) is 9.92. The Kier molecular flexibility index (Phi) is 2.73. The molecule has 1 amide bonds. The van der Waals surface area contributed by atoms with Crippen molar-refractivity contribution < 1.29 is 17.9 Å². The lowest BCUT2D eigenvalue weighted by Gasteiger charge is -2.18. The molecule has 0 spiro atoms. The number of hydrogen-bond acceptors (Lipinski definition) is 5. The van der Waals surface area contributed by atoms with Gasteiger partial charge in [0.1, 0.15) is 5.75 Å². The fraction of sp³-hybridized carbons (Fsp3) is 0.364. The van der Waals surface area contributed by atoms with Crippen LogP contribution in [0.25, 0.3) is 0 Å². The van der Waals surface area contributed by atoms with Gasteiger partial charge in [-0.1, -0.05) is 0 Å². The zero-order chi connectivity index (χ0) is 13.6. The third-order valence-electron chi connectivity index (χ3n) is 3.04. The van der Waals surface area contributed by atoms with Crippen LogP contribution in [-0.4, -0.2) is 33.0 Å². The van der Waals surface area contributed by atoms with Gasteiger partial charge in [0.05, 0.1) is 10.6 Å². The minimum Gasteiger partial charge on any atom is -0.482 e. The number of sulfonamides is 1. The molecule has 1 aliphatic carbocycles. The van der Waals surface area contributed by atoms with Gasteiger partial charge >= 0.3 is 0 Å². The highest BCUT2D eigenvalue weighted by molar-refractivity contribution is 7.89. The summed E-state index contributed by atoms with van der Waals surface area (Å²) in [5.41, 5.74) is 5.94. The Balaban J connectivity index is 1.89. The van der Waals surface area contributed by atoms with E-state index in [1.807, 2.05) is 0 Å². The second kappa shape index (κ2) is 4.19. The summed E-state index contributed by atoms with van der Waals surface area (Å²) in [6.07, 6.45) is 0.643. The summed E-state index contributed by atoms with van der Waals surface area (Å²) < 4.78 is 31.8. The maximum absolute atomic E-state index is 12.1. The first-order chi connectivity index (χ1) is 8.95. The maximum atomic E-state index is 12.1. The molecule has 0 bridgehead atoms. The fourth-order valence-corrected chi connectivity index (χ4v) is 3.17. The predicted molar refractivity (Wildman–Crippen MR) is 67.3 cm³/mol. The molecule has 1 aromatic carbocycles. The van der Waals surface area contributed by atoms with Crippen molar-refractivity contribution in [3.05, 3.63) is 18.2 Å². The average molecular weight is 283 g/mol. The summed E-state index contributed by atoms with van der Waals surface area (Å²) in [6, 6.07) is 4.02. The zero-order valence-corrected chi connectivity index (χ0v) is 10.7. The summed E-state index contributed by atoms with van der Waals surface area (Å²) in [4.78, 5) is 11.3. The topological polar surface area (TPSA) is 111 Å². The Morgan fingerprint density at radius 3 is 2.84 bits per heavy atom. The summed E-state index contributed by atoms with van der Waals surface area (Å²) >= 11 is 0. The van der Waals surface area contributed by atoms with Crippen LogP contribution in [0.3, 0.4) is 0 Å². The van der Waals surface area contributed by atoms with Gasteiger partial charge in [0.2, 0.25) is 10.0 Å². The number of nitrogens with one attached hydrogen (secondary N) is 2. The third kappa shape index (κ3) is 2.42. The second-order valence-electron chi connectivity index (χ2n) is 4.62. The largest absolute Gasteiger partial charge is 0.482 e. The number of amides is 1. The quantitative estimate of drug-likeness (QED) is 0.685. The van der Waals surface area contributed by atoms with Crippen LogP contribution in [0.15, 0.2) is 23.1 Å². The smallest absolute Gasteiger partial charge is 0.262 e. The van der Waals surface area contributed by atoms with Crippen molar-refractivity contribution in [1.82, 2.24) is 4.72 Å². The molecule has 8 heteroatoms. The number of anilines is 1. The van der Waals surface area contributed by atoms with E-state index in [1.165, 1.54) is 18.2 Å². The minimum atomic E-state index is -3.62. The fourth-order valence-electron chi connectivity index (χ4n) is 1.85. The highest BCUT2D eigenvalue weighted by Gasteiger charge is 2.37. The molecule has 19 heavy (non-hydrogen) atoms. The number of carbonyl (C=O) groups is 1. The molecule has 2 unspecified atom stereocenters. The Hall–Kier alpha value is -1.64. The van der Waals surface area contributed by atoms with E-state index in [2.05, 4.69) is 10.0 Å². The summed E-state index contributed by atoms with van der Waals surface area (Å²) in [6.45, 7) is -0.0612. The van der Waals surface area contributed by atoms with Gasteiger partial charge in [-0.2, -0.15) is 0 Å². The maximum Gasteiger partial charge on any atom is 0.262 e. The highest BCUT2D eigenvalue weighted by atomic mass is 32.2.